The Bertz CT molecular complexity index is 673. The number of benzene rings is 2. The van der Waals surface area contributed by atoms with Crippen molar-refractivity contribution in [1.82, 2.24) is 0 Å². The Labute approximate surface area is 124 Å². The van der Waals surface area contributed by atoms with Gasteiger partial charge in [-0.05, 0) is 29.3 Å². The Kier molecular flexibility index (Phi) is 5.15. The van der Waals surface area contributed by atoms with E-state index in [1.54, 1.807) is 6.08 Å². The van der Waals surface area contributed by atoms with E-state index in [-0.39, 0.29) is 5.57 Å². The molecule has 2 aromatic rings. The third-order valence-corrected chi connectivity index (χ3v) is 2.93. The van der Waals surface area contributed by atoms with Crippen molar-refractivity contribution >= 4 is 6.08 Å². The minimum Gasteiger partial charge on any atom is -0.493 e. The van der Waals surface area contributed by atoms with Gasteiger partial charge in [0.15, 0.2) is 0 Å². The molecule has 0 aliphatic carbocycles. The Morgan fingerprint density at radius 2 is 1.62 bits per heavy atom. The van der Waals surface area contributed by atoms with Crippen LogP contribution in [-0.2, 0) is 6.42 Å². The van der Waals surface area contributed by atoms with E-state index < -0.39 is 0 Å². The Hall–Kier alpha value is -3.04. The zero-order valence-corrected chi connectivity index (χ0v) is 11.5. The molecule has 0 saturated heterocycles. The highest BCUT2D eigenvalue weighted by Gasteiger charge is 1.97. The first-order valence-electron chi connectivity index (χ1n) is 6.60. The summed E-state index contributed by atoms with van der Waals surface area (Å²) in [6.07, 6.45) is 2.41. The second kappa shape index (κ2) is 7.53. The van der Waals surface area contributed by atoms with Gasteiger partial charge in [-0.2, -0.15) is 10.5 Å². The van der Waals surface area contributed by atoms with Gasteiger partial charge in [0.2, 0.25) is 0 Å². The lowest BCUT2D eigenvalue weighted by molar-refractivity contribution is 0.322. The van der Waals surface area contributed by atoms with Gasteiger partial charge in [-0.3, -0.25) is 0 Å². The molecular formula is C18H14N2O. The SMILES string of the molecule is N#CC(C#N)=Cc1ccc(OCCc2ccccc2)cc1. The molecule has 2 aromatic carbocycles. The molecule has 0 heterocycles. The van der Waals surface area contributed by atoms with E-state index in [0.717, 1.165) is 17.7 Å². The average molecular weight is 274 g/mol. The minimum atomic E-state index is 0.0905. The van der Waals surface area contributed by atoms with Crippen LogP contribution in [0.5, 0.6) is 5.75 Å². The third-order valence-electron chi connectivity index (χ3n) is 2.93. The van der Waals surface area contributed by atoms with Crippen LogP contribution in [0.3, 0.4) is 0 Å². The van der Waals surface area contributed by atoms with E-state index in [9.17, 15) is 0 Å². The molecule has 0 fully saturated rings. The molecule has 21 heavy (non-hydrogen) atoms. The monoisotopic (exact) mass is 274 g/mol. The van der Waals surface area contributed by atoms with Gasteiger partial charge < -0.3 is 4.74 Å². The molecule has 0 amide bonds. The Balaban J connectivity index is 1.90. The van der Waals surface area contributed by atoms with Gasteiger partial charge >= 0.3 is 0 Å². The molecule has 0 radical (unpaired) electrons. The van der Waals surface area contributed by atoms with Crippen LogP contribution < -0.4 is 4.74 Å². The van der Waals surface area contributed by atoms with E-state index >= 15 is 0 Å². The van der Waals surface area contributed by atoms with Crippen LogP contribution >= 0.6 is 0 Å². The fourth-order valence-electron chi connectivity index (χ4n) is 1.85. The summed E-state index contributed by atoms with van der Waals surface area (Å²) in [6.45, 7) is 0.612. The molecule has 3 heteroatoms. The summed E-state index contributed by atoms with van der Waals surface area (Å²) in [5.41, 5.74) is 2.14. The molecule has 0 spiro atoms. The maximum absolute atomic E-state index is 8.70. The summed E-state index contributed by atoms with van der Waals surface area (Å²) in [5, 5.41) is 17.4. The number of nitriles is 2. The maximum Gasteiger partial charge on any atom is 0.130 e. The maximum atomic E-state index is 8.70. The first kappa shape index (κ1) is 14.4. The summed E-state index contributed by atoms with van der Waals surface area (Å²) in [6, 6.07) is 21.2. The molecule has 0 atom stereocenters. The zero-order chi connectivity index (χ0) is 14.9. The molecule has 0 N–H and O–H groups in total. The predicted octanol–water partition coefficient (Wildman–Crippen LogP) is 3.74. The van der Waals surface area contributed by atoms with Gasteiger partial charge in [-0.15, -0.1) is 0 Å². The van der Waals surface area contributed by atoms with Crippen molar-refractivity contribution < 1.29 is 4.74 Å². The molecule has 0 aliphatic rings. The summed E-state index contributed by atoms with van der Waals surface area (Å²) in [7, 11) is 0. The lowest BCUT2D eigenvalue weighted by Crippen LogP contribution is -2.00. The van der Waals surface area contributed by atoms with Crippen molar-refractivity contribution in [2.24, 2.45) is 0 Å². The molecule has 3 nitrogen and oxygen atoms in total. The summed E-state index contributed by atoms with van der Waals surface area (Å²) < 4.78 is 5.67. The topological polar surface area (TPSA) is 56.8 Å². The van der Waals surface area contributed by atoms with Crippen LogP contribution in [0.25, 0.3) is 6.08 Å². The molecule has 0 bridgehead atoms. The molecule has 0 aliphatic heterocycles. The van der Waals surface area contributed by atoms with E-state index in [0.29, 0.717) is 6.61 Å². The number of rotatable bonds is 5. The van der Waals surface area contributed by atoms with Crippen LogP contribution in [0.15, 0.2) is 60.2 Å². The fourth-order valence-corrected chi connectivity index (χ4v) is 1.85. The standard InChI is InChI=1S/C18H14N2O/c19-13-17(14-20)12-16-6-8-18(9-7-16)21-11-10-15-4-2-1-3-5-15/h1-9,12H,10-11H2. The average Bonchev–Trinajstić information content (AvgIpc) is 2.55. The number of allylic oxidation sites excluding steroid dienone is 1. The van der Waals surface area contributed by atoms with E-state index in [4.69, 9.17) is 15.3 Å². The van der Waals surface area contributed by atoms with Gasteiger partial charge in [-0.1, -0.05) is 42.5 Å². The second-order valence-corrected chi connectivity index (χ2v) is 4.43. The molecule has 0 aromatic heterocycles. The normalized spacial score (nSPS) is 9.24. The van der Waals surface area contributed by atoms with E-state index in [1.165, 1.54) is 5.56 Å². The van der Waals surface area contributed by atoms with Crippen molar-refractivity contribution in [3.8, 4) is 17.9 Å². The van der Waals surface area contributed by atoms with Gasteiger partial charge in [0.1, 0.15) is 23.5 Å². The number of nitrogens with zero attached hydrogens (tertiary/aromatic N) is 2. The van der Waals surface area contributed by atoms with E-state index in [2.05, 4.69) is 12.1 Å². The second-order valence-electron chi connectivity index (χ2n) is 4.43. The van der Waals surface area contributed by atoms with Gasteiger partial charge in [0, 0.05) is 6.42 Å². The lowest BCUT2D eigenvalue weighted by atomic mass is 10.1. The minimum absolute atomic E-state index is 0.0905. The first-order valence-corrected chi connectivity index (χ1v) is 6.60. The Morgan fingerprint density at radius 1 is 0.952 bits per heavy atom. The smallest absolute Gasteiger partial charge is 0.130 e. The quantitative estimate of drug-likeness (QED) is 0.780. The van der Waals surface area contributed by atoms with Crippen molar-refractivity contribution in [2.75, 3.05) is 6.61 Å². The number of hydrogen-bond donors (Lipinski definition) is 0. The van der Waals surface area contributed by atoms with Crippen LogP contribution in [-0.4, -0.2) is 6.61 Å². The van der Waals surface area contributed by atoms with Crippen LogP contribution in [0.2, 0.25) is 0 Å². The highest BCUT2D eigenvalue weighted by Crippen LogP contribution is 2.15. The molecule has 102 valence electrons. The van der Waals surface area contributed by atoms with Crippen LogP contribution in [0.1, 0.15) is 11.1 Å². The predicted molar refractivity (Wildman–Crippen MR) is 81.3 cm³/mol. The van der Waals surface area contributed by atoms with Crippen molar-refractivity contribution in [1.29, 1.82) is 10.5 Å². The van der Waals surface area contributed by atoms with Crippen LogP contribution in [0.4, 0.5) is 0 Å². The summed E-state index contributed by atoms with van der Waals surface area (Å²) in [5.74, 6) is 0.776. The van der Waals surface area contributed by atoms with Crippen molar-refractivity contribution in [3.05, 3.63) is 71.3 Å². The summed E-state index contributed by atoms with van der Waals surface area (Å²) in [4.78, 5) is 0. The fraction of sp³-hybridized carbons (Fsp3) is 0.111. The lowest BCUT2D eigenvalue weighted by Gasteiger charge is -2.06. The van der Waals surface area contributed by atoms with Gasteiger partial charge in [-0.25, -0.2) is 0 Å². The van der Waals surface area contributed by atoms with Crippen LogP contribution in [0, 0.1) is 22.7 Å². The summed E-state index contributed by atoms with van der Waals surface area (Å²) >= 11 is 0. The zero-order valence-electron chi connectivity index (χ0n) is 11.5. The molecule has 0 saturated carbocycles. The van der Waals surface area contributed by atoms with Crippen molar-refractivity contribution in [2.45, 2.75) is 6.42 Å². The van der Waals surface area contributed by atoms with E-state index in [1.807, 2.05) is 54.6 Å². The highest BCUT2D eigenvalue weighted by atomic mass is 16.5. The molecular weight excluding hydrogens is 260 g/mol. The third kappa shape index (κ3) is 4.53. The van der Waals surface area contributed by atoms with Gasteiger partial charge in [0.05, 0.1) is 6.61 Å². The number of ether oxygens (including phenoxy) is 1. The first-order chi connectivity index (χ1) is 10.3. The number of hydrogen-bond acceptors (Lipinski definition) is 3. The largest absolute Gasteiger partial charge is 0.493 e. The van der Waals surface area contributed by atoms with Crippen molar-refractivity contribution in [3.63, 3.8) is 0 Å². The Morgan fingerprint density at radius 3 is 2.24 bits per heavy atom. The molecule has 0 unspecified atom stereocenters. The molecule has 2 rings (SSSR count). The highest BCUT2D eigenvalue weighted by molar-refractivity contribution is 5.62. The van der Waals surface area contributed by atoms with Gasteiger partial charge in [0.25, 0.3) is 0 Å².